The lowest BCUT2D eigenvalue weighted by atomic mass is 10.3. The lowest BCUT2D eigenvalue weighted by Gasteiger charge is -2.20. The molecule has 0 spiro atoms. The summed E-state index contributed by atoms with van der Waals surface area (Å²) in [5, 5.41) is 3.97. The van der Waals surface area contributed by atoms with Gasteiger partial charge in [0.05, 0.1) is 17.4 Å². The maximum absolute atomic E-state index is 12.2. The maximum atomic E-state index is 12.2. The van der Waals surface area contributed by atoms with Crippen molar-refractivity contribution in [3.63, 3.8) is 0 Å². The summed E-state index contributed by atoms with van der Waals surface area (Å²) in [5.41, 5.74) is 0. The fourth-order valence-electron chi connectivity index (χ4n) is 2.73. The zero-order valence-electron chi connectivity index (χ0n) is 14.2. The molecule has 136 valence electrons. The third-order valence-electron chi connectivity index (χ3n) is 4.09. The predicted molar refractivity (Wildman–Crippen MR) is 104 cm³/mol. The van der Waals surface area contributed by atoms with Crippen molar-refractivity contribution in [3.05, 3.63) is 27.2 Å². The SMILES string of the molecule is CCc1nsc(N2CCCN(CC(=O)NCc3ccc(Cl)s3)CC2)n1. The van der Waals surface area contributed by atoms with Crippen molar-refractivity contribution in [2.75, 3.05) is 37.6 Å². The highest BCUT2D eigenvalue weighted by Gasteiger charge is 2.19. The number of thiophene rings is 1. The molecule has 1 aliphatic heterocycles. The van der Waals surface area contributed by atoms with E-state index >= 15 is 0 Å². The first kappa shape index (κ1) is 18.6. The third kappa shape index (κ3) is 5.37. The minimum absolute atomic E-state index is 0.0576. The Morgan fingerprint density at radius 1 is 1.32 bits per heavy atom. The number of hydrogen-bond donors (Lipinski definition) is 1. The zero-order chi connectivity index (χ0) is 17.6. The van der Waals surface area contributed by atoms with Gasteiger partial charge in [-0.2, -0.15) is 4.37 Å². The number of nitrogens with one attached hydrogen (secondary N) is 1. The predicted octanol–water partition coefficient (Wildman–Crippen LogP) is 2.64. The van der Waals surface area contributed by atoms with Crippen LogP contribution in [0, 0.1) is 0 Å². The van der Waals surface area contributed by atoms with E-state index < -0.39 is 0 Å². The zero-order valence-corrected chi connectivity index (χ0v) is 16.6. The lowest BCUT2D eigenvalue weighted by Crippen LogP contribution is -2.39. The maximum Gasteiger partial charge on any atom is 0.234 e. The summed E-state index contributed by atoms with van der Waals surface area (Å²) in [6, 6.07) is 3.80. The second kappa shape index (κ2) is 8.93. The van der Waals surface area contributed by atoms with Gasteiger partial charge in [-0.1, -0.05) is 18.5 Å². The number of carbonyl (C=O) groups is 1. The molecule has 0 aliphatic carbocycles. The van der Waals surface area contributed by atoms with Crippen LogP contribution in [-0.2, 0) is 17.8 Å². The molecule has 1 aliphatic rings. The summed E-state index contributed by atoms with van der Waals surface area (Å²) in [4.78, 5) is 22.3. The van der Waals surface area contributed by atoms with Crippen LogP contribution in [-0.4, -0.2) is 52.9 Å². The van der Waals surface area contributed by atoms with Crippen molar-refractivity contribution in [3.8, 4) is 0 Å². The van der Waals surface area contributed by atoms with Gasteiger partial charge in [0, 0.05) is 49.0 Å². The Balaban J connectivity index is 1.45. The molecular formula is C16H22ClN5OS2. The van der Waals surface area contributed by atoms with Gasteiger partial charge in [-0.05, 0) is 18.6 Å². The molecule has 3 heterocycles. The second-order valence-electron chi connectivity index (χ2n) is 5.95. The van der Waals surface area contributed by atoms with Gasteiger partial charge in [-0.25, -0.2) is 4.98 Å². The fourth-order valence-corrected chi connectivity index (χ4v) is 4.56. The summed E-state index contributed by atoms with van der Waals surface area (Å²) in [5.74, 6) is 0.969. The Kier molecular flexibility index (Phi) is 6.63. The van der Waals surface area contributed by atoms with Crippen molar-refractivity contribution < 1.29 is 4.79 Å². The van der Waals surface area contributed by atoms with E-state index in [4.69, 9.17) is 11.6 Å². The van der Waals surface area contributed by atoms with Gasteiger partial charge in [0.25, 0.3) is 0 Å². The van der Waals surface area contributed by atoms with E-state index in [1.165, 1.54) is 22.9 Å². The molecule has 0 unspecified atom stereocenters. The van der Waals surface area contributed by atoms with Gasteiger partial charge in [0.1, 0.15) is 5.82 Å². The molecule has 1 fully saturated rings. The topological polar surface area (TPSA) is 61.4 Å². The number of carbonyl (C=O) groups excluding carboxylic acids is 1. The molecule has 1 saturated heterocycles. The van der Waals surface area contributed by atoms with Crippen LogP contribution in [0.2, 0.25) is 4.34 Å². The molecule has 3 rings (SSSR count). The average Bonchev–Trinajstić information content (AvgIpc) is 3.18. The monoisotopic (exact) mass is 399 g/mol. The molecule has 2 aromatic heterocycles. The quantitative estimate of drug-likeness (QED) is 0.809. The number of nitrogens with zero attached hydrogens (tertiary/aromatic N) is 4. The molecule has 0 bridgehead atoms. The van der Waals surface area contributed by atoms with Crippen LogP contribution in [0.1, 0.15) is 24.0 Å². The Bertz CT molecular complexity index is 704. The van der Waals surface area contributed by atoms with Crippen LogP contribution >= 0.6 is 34.5 Å². The summed E-state index contributed by atoms with van der Waals surface area (Å²) < 4.78 is 5.12. The molecule has 6 nitrogen and oxygen atoms in total. The number of halogens is 1. The minimum Gasteiger partial charge on any atom is -0.350 e. The van der Waals surface area contributed by atoms with Crippen molar-refractivity contribution in [2.24, 2.45) is 0 Å². The molecule has 0 aromatic carbocycles. The van der Waals surface area contributed by atoms with Gasteiger partial charge in [-0.15, -0.1) is 11.3 Å². The molecule has 1 N–H and O–H groups in total. The second-order valence-corrected chi connectivity index (χ2v) is 8.48. The molecule has 0 saturated carbocycles. The third-order valence-corrected chi connectivity index (χ3v) is 6.13. The van der Waals surface area contributed by atoms with E-state index in [0.717, 1.165) is 59.2 Å². The van der Waals surface area contributed by atoms with E-state index in [9.17, 15) is 4.79 Å². The highest BCUT2D eigenvalue weighted by atomic mass is 35.5. The number of aryl methyl sites for hydroxylation is 1. The average molecular weight is 400 g/mol. The van der Waals surface area contributed by atoms with Crippen molar-refractivity contribution in [1.82, 2.24) is 19.6 Å². The van der Waals surface area contributed by atoms with E-state index in [0.29, 0.717) is 13.1 Å². The molecular weight excluding hydrogens is 378 g/mol. The highest BCUT2D eigenvalue weighted by Crippen LogP contribution is 2.21. The Hall–Kier alpha value is -1.22. The molecule has 2 aromatic rings. The van der Waals surface area contributed by atoms with E-state index in [1.807, 2.05) is 12.1 Å². The van der Waals surface area contributed by atoms with E-state index in [-0.39, 0.29) is 5.91 Å². The molecule has 25 heavy (non-hydrogen) atoms. The number of aromatic nitrogens is 2. The first-order valence-electron chi connectivity index (χ1n) is 8.45. The number of rotatable bonds is 6. The van der Waals surface area contributed by atoms with Gasteiger partial charge in [-0.3, -0.25) is 9.69 Å². The van der Waals surface area contributed by atoms with E-state index in [2.05, 4.69) is 31.4 Å². The Labute approximate surface area is 161 Å². The van der Waals surface area contributed by atoms with Crippen LogP contribution in [0.25, 0.3) is 0 Å². The van der Waals surface area contributed by atoms with Crippen LogP contribution in [0.4, 0.5) is 5.13 Å². The minimum atomic E-state index is 0.0576. The van der Waals surface area contributed by atoms with Crippen LogP contribution in [0.3, 0.4) is 0 Å². The summed E-state index contributed by atoms with van der Waals surface area (Å²) in [6.07, 6.45) is 1.89. The number of amides is 1. The molecule has 0 atom stereocenters. The first-order valence-corrected chi connectivity index (χ1v) is 10.4. The van der Waals surface area contributed by atoms with E-state index in [1.54, 1.807) is 0 Å². The Morgan fingerprint density at radius 3 is 2.92 bits per heavy atom. The van der Waals surface area contributed by atoms with Crippen molar-refractivity contribution in [2.45, 2.75) is 26.3 Å². The molecule has 9 heteroatoms. The van der Waals surface area contributed by atoms with Gasteiger partial charge in [0.2, 0.25) is 11.0 Å². The first-order chi connectivity index (χ1) is 12.1. The van der Waals surface area contributed by atoms with Gasteiger partial charge < -0.3 is 10.2 Å². The number of anilines is 1. The van der Waals surface area contributed by atoms with Crippen LogP contribution < -0.4 is 10.2 Å². The standard InChI is InChI=1S/C16H22ClN5OS2/c1-2-14-19-16(25-20-14)22-7-3-6-21(8-9-22)11-15(23)18-10-12-4-5-13(17)24-12/h4-5H,2-3,6-11H2,1H3,(H,18,23). The van der Waals surface area contributed by atoms with Gasteiger partial charge >= 0.3 is 0 Å². The lowest BCUT2D eigenvalue weighted by molar-refractivity contribution is -0.122. The summed E-state index contributed by atoms with van der Waals surface area (Å²) in [6.45, 7) is 6.67. The van der Waals surface area contributed by atoms with Gasteiger partial charge in [0.15, 0.2) is 0 Å². The summed E-state index contributed by atoms with van der Waals surface area (Å²) in [7, 11) is 0. The normalized spacial score (nSPS) is 16.0. The number of hydrogen-bond acceptors (Lipinski definition) is 7. The molecule has 0 radical (unpaired) electrons. The highest BCUT2D eigenvalue weighted by molar-refractivity contribution is 7.16. The van der Waals surface area contributed by atoms with Crippen LogP contribution in [0.15, 0.2) is 12.1 Å². The largest absolute Gasteiger partial charge is 0.350 e. The smallest absolute Gasteiger partial charge is 0.234 e. The van der Waals surface area contributed by atoms with Crippen LogP contribution in [0.5, 0.6) is 0 Å². The van der Waals surface area contributed by atoms with Crippen molar-refractivity contribution >= 4 is 45.5 Å². The summed E-state index contributed by atoms with van der Waals surface area (Å²) >= 11 is 8.88. The van der Waals surface area contributed by atoms with Crippen molar-refractivity contribution in [1.29, 1.82) is 0 Å². The molecule has 1 amide bonds. The fraction of sp³-hybridized carbons (Fsp3) is 0.562. The Morgan fingerprint density at radius 2 is 2.20 bits per heavy atom.